The van der Waals surface area contributed by atoms with Gasteiger partial charge in [-0.25, -0.2) is 15.0 Å². The van der Waals surface area contributed by atoms with Gasteiger partial charge in [0.15, 0.2) is 0 Å². The maximum absolute atomic E-state index is 11.7. The monoisotopic (exact) mass is 514 g/mol. The fraction of sp³-hybridized carbons (Fsp3) is 0.143. The van der Waals surface area contributed by atoms with Crippen LogP contribution in [-0.2, 0) is 11.2 Å². The molecule has 6 nitrogen and oxygen atoms in total. The molecule has 0 saturated carbocycles. The fourth-order valence-electron chi connectivity index (χ4n) is 4.19. The van der Waals surface area contributed by atoms with E-state index >= 15 is 0 Å². The van der Waals surface area contributed by atoms with Crippen molar-refractivity contribution >= 4 is 45.1 Å². The molecule has 0 spiro atoms. The predicted octanol–water partition coefficient (Wildman–Crippen LogP) is 6.74. The van der Waals surface area contributed by atoms with Gasteiger partial charge in [0.25, 0.3) is 0 Å². The normalized spacial score (nSPS) is 11.1. The lowest BCUT2D eigenvalue weighted by Gasteiger charge is -2.13. The molecule has 0 aliphatic carbocycles. The third kappa shape index (κ3) is 4.67. The molecule has 0 radical (unpaired) electrons. The zero-order valence-electron chi connectivity index (χ0n) is 20.0. The topological polar surface area (TPSA) is 79.2 Å². The second-order valence-corrected chi connectivity index (χ2v) is 10.2. The van der Waals surface area contributed by atoms with Crippen LogP contribution in [0.15, 0.2) is 67.0 Å². The van der Waals surface area contributed by atoms with Gasteiger partial charge in [0.2, 0.25) is 5.95 Å². The standard InChI is InChI=1S/C28H23ClN4O2S/c1-16-11-23-26(25(22(16)13-24(34)35)17-7-9-21(29)10-8-17)36-27(32-23)19-6-4-5-18(12-19)20-14-30-28(31-15-20)33(2)3/h4-12,14-15H,13H2,1-3H3,(H,34,35). The Morgan fingerprint density at radius 3 is 2.33 bits per heavy atom. The number of aliphatic carboxylic acids is 1. The average molecular weight is 515 g/mol. The molecule has 1 N–H and O–H groups in total. The Kier molecular flexibility index (Phi) is 6.43. The number of nitrogens with zero attached hydrogens (tertiary/aromatic N) is 4. The number of anilines is 1. The van der Waals surface area contributed by atoms with Crippen LogP contribution in [0.5, 0.6) is 0 Å². The number of hydrogen-bond donors (Lipinski definition) is 1. The van der Waals surface area contributed by atoms with Crippen LogP contribution >= 0.6 is 22.9 Å². The number of fused-ring (bicyclic) bond motifs is 1. The molecule has 0 amide bonds. The zero-order valence-corrected chi connectivity index (χ0v) is 21.6. The summed E-state index contributed by atoms with van der Waals surface area (Å²) in [6.07, 6.45) is 3.57. The van der Waals surface area contributed by atoms with Gasteiger partial charge in [-0.15, -0.1) is 11.3 Å². The van der Waals surface area contributed by atoms with Crippen LogP contribution in [0.4, 0.5) is 5.95 Å². The summed E-state index contributed by atoms with van der Waals surface area (Å²) >= 11 is 7.69. The van der Waals surface area contributed by atoms with Gasteiger partial charge in [-0.2, -0.15) is 0 Å². The minimum absolute atomic E-state index is 0.0641. The molecule has 180 valence electrons. The van der Waals surface area contributed by atoms with E-state index in [2.05, 4.69) is 16.0 Å². The summed E-state index contributed by atoms with van der Waals surface area (Å²) in [4.78, 5) is 27.4. The van der Waals surface area contributed by atoms with Gasteiger partial charge < -0.3 is 10.0 Å². The molecular weight excluding hydrogens is 492 g/mol. The first kappa shape index (κ1) is 23.9. The van der Waals surface area contributed by atoms with E-state index in [1.807, 2.05) is 86.8 Å². The van der Waals surface area contributed by atoms with Crippen molar-refractivity contribution in [3.05, 3.63) is 83.1 Å². The number of thiazole rings is 1. The van der Waals surface area contributed by atoms with Gasteiger partial charge in [0.1, 0.15) is 5.01 Å². The van der Waals surface area contributed by atoms with E-state index in [9.17, 15) is 9.90 Å². The van der Waals surface area contributed by atoms with Gasteiger partial charge in [0.05, 0.1) is 16.6 Å². The van der Waals surface area contributed by atoms with Crippen LogP contribution in [0.1, 0.15) is 11.1 Å². The van der Waals surface area contributed by atoms with Crippen molar-refractivity contribution in [2.45, 2.75) is 13.3 Å². The minimum atomic E-state index is -0.868. The smallest absolute Gasteiger partial charge is 0.307 e. The Bertz CT molecular complexity index is 1580. The molecule has 0 bridgehead atoms. The molecule has 0 fully saturated rings. The number of carbonyl (C=O) groups is 1. The van der Waals surface area contributed by atoms with Crippen molar-refractivity contribution in [1.29, 1.82) is 0 Å². The maximum atomic E-state index is 11.7. The molecule has 0 aliphatic rings. The van der Waals surface area contributed by atoms with Crippen molar-refractivity contribution in [2.24, 2.45) is 0 Å². The Balaban J connectivity index is 1.64. The SMILES string of the molecule is Cc1cc2nc(-c3cccc(-c4cnc(N(C)C)nc4)c3)sc2c(-c2ccc(Cl)cc2)c1CC(=O)O. The second-order valence-electron chi connectivity index (χ2n) is 8.74. The number of benzene rings is 3. The Morgan fingerprint density at radius 2 is 1.67 bits per heavy atom. The third-order valence-electron chi connectivity index (χ3n) is 5.95. The number of carboxylic acid groups (broad SMARTS) is 1. The lowest BCUT2D eigenvalue weighted by molar-refractivity contribution is -0.136. The van der Waals surface area contributed by atoms with Crippen LogP contribution in [-0.4, -0.2) is 40.1 Å². The summed E-state index contributed by atoms with van der Waals surface area (Å²) in [6.45, 7) is 1.94. The lowest BCUT2D eigenvalue weighted by Crippen LogP contribution is -2.12. The van der Waals surface area contributed by atoms with E-state index < -0.39 is 5.97 Å². The third-order valence-corrected chi connectivity index (χ3v) is 7.34. The highest BCUT2D eigenvalue weighted by Gasteiger charge is 2.19. The highest BCUT2D eigenvalue weighted by molar-refractivity contribution is 7.22. The van der Waals surface area contributed by atoms with Crippen LogP contribution in [0.2, 0.25) is 5.02 Å². The summed E-state index contributed by atoms with van der Waals surface area (Å²) in [5.74, 6) is -0.212. The number of hydrogen-bond acceptors (Lipinski definition) is 6. The van der Waals surface area contributed by atoms with Crippen LogP contribution in [0, 0.1) is 6.92 Å². The maximum Gasteiger partial charge on any atom is 0.307 e. The Labute approximate surface area is 217 Å². The number of aromatic nitrogens is 3. The molecular formula is C28H23ClN4O2S. The highest BCUT2D eigenvalue weighted by atomic mass is 35.5. The van der Waals surface area contributed by atoms with E-state index in [-0.39, 0.29) is 6.42 Å². The van der Waals surface area contributed by atoms with Crippen molar-refractivity contribution in [3.8, 4) is 32.8 Å². The number of carboxylic acids is 1. The van der Waals surface area contributed by atoms with Crippen molar-refractivity contribution in [1.82, 2.24) is 15.0 Å². The number of rotatable bonds is 6. The van der Waals surface area contributed by atoms with Crippen molar-refractivity contribution in [3.63, 3.8) is 0 Å². The first-order valence-corrected chi connectivity index (χ1v) is 12.5. The molecule has 0 saturated heterocycles. The summed E-state index contributed by atoms with van der Waals surface area (Å²) in [5, 5.41) is 11.1. The van der Waals surface area contributed by atoms with E-state index in [1.165, 1.54) is 0 Å². The summed E-state index contributed by atoms with van der Waals surface area (Å²) in [7, 11) is 3.81. The second kappa shape index (κ2) is 9.68. The van der Waals surface area contributed by atoms with Gasteiger partial charge in [-0.1, -0.05) is 41.9 Å². The average Bonchev–Trinajstić information content (AvgIpc) is 3.28. The molecule has 5 aromatic rings. The first-order chi connectivity index (χ1) is 17.3. The molecule has 0 unspecified atom stereocenters. The van der Waals surface area contributed by atoms with Crippen LogP contribution in [0.3, 0.4) is 0 Å². The Morgan fingerprint density at radius 1 is 0.972 bits per heavy atom. The van der Waals surface area contributed by atoms with E-state index in [1.54, 1.807) is 11.3 Å². The van der Waals surface area contributed by atoms with Gasteiger partial charge in [-0.3, -0.25) is 4.79 Å². The van der Waals surface area contributed by atoms with Gasteiger partial charge >= 0.3 is 5.97 Å². The molecule has 0 atom stereocenters. The van der Waals surface area contributed by atoms with E-state index in [0.717, 1.165) is 54.2 Å². The zero-order chi connectivity index (χ0) is 25.4. The molecule has 0 aliphatic heterocycles. The van der Waals surface area contributed by atoms with Crippen LogP contribution in [0.25, 0.3) is 43.0 Å². The summed E-state index contributed by atoms with van der Waals surface area (Å²) < 4.78 is 0.957. The highest BCUT2D eigenvalue weighted by Crippen LogP contribution is 2.41. The number of halogens is 1. The molecule has 3 aromatic carbocycles. The van der Waals surface area contributed by atoms with Crippen molar-refractivity contribution in [2.75, 3.05) is 19.0 Å². The van der Waals surface area contributed by atoms with Gasteiger partial charge in [0, 0.05) is 48.2 Å². The first-order valence-electron chi connectivity index (χ1n) is 11.3. The van der Waals surface area contributed by atoms with Crippen molar-refractivity contribution < 1.29 is 9.90 Å². The molecule has 2 aromatic heterocycles. The summed E-state index contributed by atoms with van der Waals surface area (Å²) in [5.41, 5.74) is 7.25. The molecule has 8 heteroatoms. The quantitative estimate of drug-likeness (QED) is 0.270. The van der Waals surface area contributed by atoms with E-state index in [0.29, 0.717) is 11.0 Å². The molecule has 2 heterocycles. The molecule has 5 rings (SSSR count). The lowest BCUT2D eigenvalue weighted by atomic mass is 9.93. The van der Waals surface area contributed by atoms with Crippen LogP contribution < -0.4 is 4.90 Å². The number of aryl methyl sites for hydroxylation is 1. The van der Waals surface area contributed by atoms with Gasteiger partial charge in [-0.05, 0) is 53.4 Å². The fourth-order valence-corrected chi connectivity index (χ4v) is 5.45. The molecule has 36 heavy (non-hydrogen) atoms. The largest absolute Gasteiger partial charge is 0.481 e. The Hall–Kier alpha value is -3.81. The summed E-state index contributed by atoms with van der Waals surface area (Å²) in [6, 6.07) is 17.6. The van der Waals surface area contributed by atoms with E-state index in [4.69, 9.17) is 16.6 Å². The predicted molar refractivity (Wildman–Crippen MR) is 147 cm³/mol. The minimum Gasteiger partial charge on any atom is -0.481 e.